The molecule has 0 saturated carbocycles. The van der Waals surface area contributed by atoms with Crippen molar-refractivity contribution in [2.75, 3.05) is 19.5 Å². The highest BCUT2D eigenvalue weighted by Crippen LogP contribution is 2.36. The zero-order chi connectivity index (χ0) is 24.6. The minimum absolute atomic E-state index is 0.0228. The van der Waals surface area contributed by atoms with Gasteiger partial charge in [-0.05, 0) is 51.2 Å². The molecule has 2 N–H and O–H groups in total. The van der Waals surface area contributed by atoms with E-state index in [0.717, 1.165) is 18.4 Å². The van der Waals surface area contributed by atoms with Crippen molar-refractivity contribution in [3.8, 4) is 11.5 Å². The number of hydrogen-bond donors (Lipinski definition) is 1. The maximum atomic E-state index is 13.4. The van der Waals surface area contributed by atoms with E-state index in [-0.39, 0.29) is 34.1 Å². The summed E-state index contributed by atoms with van der Waals surface area (Å²) >= 11 is 0. The molecule has 1 fully saturated rings. The van der Waals surface area contributed by atoms with E-state index < -0.39 is 23.4 Å². The Morgan fingerprint density at radius 1 is 1.26 bits per heavy atom. The fourth-order valence-electron chi connectivity index (χ4n) is 4.54. The molecule has 1 saturated heterocycles. The molecule has 0 radical (unpaired) electrons. The number of methoxy groups -OCH3 is 1. The van der Waals surface area contributed by atoms with Gasteiger partial charge in [-0.15, -0.1) is 0 Å². The Kier molecular flexibility index (Phi) is 6.81. The summed E-state index contributed by atoms with van der Waals surface area (Å²) in [6, 6.07) is 3.50. The number of Topliss-reactive ketones (excluding diaryl/α,β-unsaturated/α-hetero) is 2. The van der Waals surface area contributed by atoms with Crippen molar-refractivity contribution in [3.05, 3.63) is 44.6 Å². The van der Waals surface area contributed by atoms with E-state index in [4.69, 9.17) is 24.6 Å². The third kappa shape index (κ3) is 4.01. The fourth-order valence-corrected chi connectivity index (χ4v) is 4.54. The van der Waals surface area contributed by atoms with Crippen LogP contribution in [0, 0.1) is 13.8 Å². The lowest BCUT2D eigenvalue weighted by atomic mass is 9.93. The molecular weight excluding hydrogens is 436 g/mol. The molecule has 180 valence electrons. The molecule has 8 nitrogen and oxygen atoms in total. The lowest BCUT2D eigenvalue weighted by Crippen LogP contribution is -2.29. The molecule has 3 aliphatic rings. The lowest BCUT2D eigenvalue weighted by Gasteiger charge is -2.22. The maximum Gasteiger partial charge on any atom is 0.208 e. The van der Waals surface area contributed by atoms with Gasteiger partial charge >= 0.3 is 0 Å². The highest BCUT2D eigenvalue weighted by atomic mass is 16.5. The van der Waals surface area contributed by atoms with Crippen LogP contribution in [0.4, 0.5) is 5.69 Å². The first-order valence-corrected chi connectivity index (χ1v) is 11.7. The molecule has 1 aromatic carbocycles. The second-order valence-electron chi connectivity index (χ2n) is 8.84. The summed E-state index contributed by atoms with van der Waals surface area (Å²) in [6.07, 6.45) is 2.33. The second-order valence-corrected chi connectivity index (χ2v) is 8.84. The number of ketones is 2. The second kappa shape index (κ2) is 9.64. The molecule has 1 aliphatic carbocycles. The summed E-state index contributed by atoms with van der Waals surface area (Å²) in [7, 11) is 1.44. The van der Waals surface area contributed by atoms with Gasteiger partial charge in [0.1, 0.15) is 23.4 Å². The summed E-state index contributed by atoms with van der Waals surface area (Å²) in [4.78, 5) is 44.4. The van der Waals surface area contributed by atoms with Crippen LogP contribution in [0.15, 0.2) is 21.3 Å². The third-order valence-electron chi connectivity index (χ3n) is 6.51. The minimum atomic E-state index is -0.774. The number of anilines is 1. The predicted octanol–water partition coefficient (Wildman–Crippen LogP) is 4.24. The number of ether oxygens (including phenoxy) is 2. The number of carbonyl (C=O) groups is 2. The molecule has 2 unspecified atom stereocenters. The van der Waals surface area contributed by atoms with Gasteiger partial charge in [-0.25, -0.2) is 4.98 Å². The van der Waals surface area contributed by atoms with Gasteiger partial charge in [0.2, 0.25) is 5.43 Å². The molecular formula is C26H30N2O6. The third-order valence-corrected chi connectivity index (χ3v) is 6.51. The molecule has 0 bridgehead atoms. The van der Waals surface area contributed by atoms with Crippen molar-refractivity contribution in [1.82, 2.24) is 4.98 Å². The molecule has 0 spiro atoms. The highest BCUT2D eigenvalue weighted by Gasteiger charge is 2.33. The van der Waals surface area contributed by atoms with Gasteiger partial charge in [0.05, 0.1) is 11.3 Å². The monoisotopic (exact) mass is 466 g/mol. The Bertz CT molecular complexity index is 1290. The topological polar surface area (TPSA) is 122 Å². The first kappa shape index (κ1) is 24.0. The van der Waals surface area contributed by atoms with E-state index in [0.29, 0.717) is 42.5 Å². The van der Waals surface area contributed by atoms with Crippen molar-refractivity contribution in [1.29, 1.82) is 0 Å². The number of rotatable bonds is 7. The summed E-state index contributed by atoms with van der Waals surface area (Å²) < 4.78 is 17.3. The number of nitrogens with two attached hydrogens (primary N) is 1. The SMILES string of the molecule is CCCC(OC)C(=O)c1c2nc3c(C(=O)C4CCCCO4)ccc(C)c3oc-2c(C)c(=O)c1N. The van der Waals surface area contributed by atoms with Gasteiger partial charge in [0, 0.05) is 24.8 Å². The normalized spacial score (nSPS) is 17.2. The van der Waals surface area contributed by atoms with E-state index >= 15 is 0 Å². The Morgan fingerprint density at radius 2 is 2.03 bits per heavy atom. The van der Waals surface area contributed by atoms with Gasteiger partial charge in [-0.1, -0.05) is 19.4 Å². The average molecular weight is 467 g/mol. The molecule has 2 heterocycles. The first-order valence-electron chi connectivity index (χ1n) is 11.7. The molecule has 8 heteroatoms. The highest BCUT2D eigenvalue weighted by molar-refractivity contribution is 6.11. The van der Waals surface area contributed by atoms with Crippen LogP contribution in [-0.4, -0.2) is 42.5 Å². The van der Waals surface area contributed by atoms with Crippen LogP contribution in [0.25, 0.3) is 22.6 Å². The van der Waals surface area contributed by atoms with Gasteiger partial charge in [-0.3, -0.25) is 14.4 Å². The number of fused-ring (bicyclic) bond motifs is 2. The van der Waals surface area contributed by atoms with Gasteiger partial charge in [-0.2, -0.15) is 0 Å². The Balaban J connectivity index is 2.01. The fraction of sp³-hybridized carbons (Fsp3) is 0.462. The van der Waals surface area contributed by atoms with E-state index in [2.05, 4.69) is 0 Å². The number of aromatic nitrogens is 1. The molecule has 34 heavy (non-hydrogen) atoms. The van der Waals surface area contributed by atoms with Crippen molar-refractivity contribution in [3.63, 3.8) is 0 Å². The molecule has 0 aromatic heterocycles. The number of nitrogens with zero attached hydrogens (tertiary/aromatic N) is 1. The molecule has 4 rings (SSSR count). The summed E-state index contributed by atoms with van der Waals surface area (Å²) in [6.45, 7) is 5.90. The zero-order valence-electron chi connectivity index (χ0n) is 20.0. The van der Waals surface area contributed by atoms with Crippen LogP contribution < -0.4 is 11.2 Å². The molecule has 2 atom stereocenters. The number of carbonyl (C=O) groups excluding carboxylic acids is 2. The summed E-state index contributed by atoms with van der Waals surface area (Å²) in [5, 5.41) is 0. The van der Waals surface area contributed by atoms with Crippen molar-refractivity contribution in [2.45, 2.75) is 65.1 Å². The molecule has 1 aromatic rings. The van der Waals surface area contributed by atoms with E-state index in [1.165, 1.54) is 7.11 Å². The number of benzene rings is 2. The lowest BCUT2D eigenvalue weighted by molar-refractivity contribution is 0.0187. The van der Waals surface area contributed by atoms with Crippen molar-refractivity contribution < 1.29 is 23.5 Å². The molecule has 0 amide bonds. The van der Waals surface area contributed by atoms with Crippen molar-refractivity contribution in [2.24, 2.45) is 0 Å². The van der Waals surface area contributed by atoms with Crippen LogP contribution in [0.1, 0.15) is 70.9 Å². The Morgan fingerprint density at radius 3 is 2.68 bits per heavy atom. The Hall–Kier alpha value is -3.10. The zero-order valence-corrected chi connectivity index (χ0v) is 20.0. The van der Waals surface area contributed by atoms with Gasteiger partial charge in [0.15, 0.2) is 22.9 Å². The standard InChI is InChI=1S/C26H30N2O6/c1-5-8-16(32-4)24(31)18-19(27)22(29)14(3)26-21(18)28-20-15(11-10-13(2)25(20)34-26)23(30)17-9-6-7-12-33-17/h10-11,16-17H,5-9,12,27H2,1-4H3. The number of hydrogen-bond acceptors (Lipinski definition) is 8. The number of nitrogen functional groups attached to an aromatic ring is 1. The predicted molar refractivity (Wildman–Crippen MR) is 129 cm³/mol. The van der Waals surface area contributed by atoms with Gasteiger partial charge < -0.3 is 19.6 Å². The van der Waals surface area contributed by atoms with E-state index in [1.807, 2.05) is 13.8 Å². The van der Waals surface area contributed by atoms with Gasteiger partial charge in [0.25, 0.3) is 0 Å². The summed E-state index contributed by atoms with van der Waals surface area (Å²) in [5.74, 6) is -0.421. The maximum absolute atomic E-state index is 13.4. The van der Waals surface area contributed by atoms with Crippen LogP contribution in [-0.2, 0) is 9.47 Å². The van der Waals surface area contributed by atoms with Crippen LogP contribution in [0.2, 0.25) is 0 Å². The largest absolute Gasteiger partial charge is 0.452 e. The van der Waals surface area contributed by atoms with Crippen LogP contribution in [0.5, 0.6) is 0 Å². The quantitative estimate of drug-likeness (QED) is 0.312. The van der Waals surface area contributed by atoms with Crippen LogP contribution >= 0.6 is 0 Å². The number of aryl methyl sites for hydroxylation is 1. The van der Waals surface area contributed by atoms with E-state index in [9.17, 15) is 14.4 Å². The average Bonchev–Trinajstić information content (AvgIpc) is 2.85. The van der Waals surface area contributed by atoms with E-state index in [1.54, 1.807) is 19.1 Å². The van der Waals surface area contributed by atoms with Crippen LogP contribution in [0.3, 0.4) is 0 Å². The smallest absolute Gasteiger partial charge is 0.208 e. The Labute approximate surface area is 197 Å². The molecule has 2 aliphatic heterocycles. The minimum Gasteiger partial charge on any atom is -0.452 e. The van der Waals surface area contributed by atoms with Crippen molar-refractivity contribution >= 4 is 28.4 Å². The first-order chi connectivity index (χ1) is 16.3. The summed E-state index contributed by atoms with van der Waals surface area (Å²) in [5.41, 5.74) is 7.72.